The molecule has 6 nitrogen and oxygen atoms in total. The number of hydrogen-bond donors (Lipinski definition) is 1. The van der Waals surface area contributed by atoms with E-state index in [1.54, 1.807) is 0 Å². The summed E-state index contributed by atoms with van der Waals surface area (Å²) < 4.78 is 10.8. The van der Waals surface area contributed by atoms with E-state index in [1.807, 2.05) is 4.90 Å². The molecule has 0 aromatic heterocycles. The number of nitrogens with zero attached hydrogens (tertiary/aromatic N) is 1. The van der Waals surface area contributed by atoms with Crippen molar-refractivity contribution in [2.45, 2.75) is 194 Å². The largest absolute Gasteiger partial charge is 0.464 e. The van der Waals surface area contributed by atoms with Gasteiger partial charge in [0.25, 0.3) is 0 Å². The number of allylic oxidation sites excluding steroid dienone is 4. The van der Waals surface area contributed by atoms with Crippen LogP contribution in [0.3, 0.4) is 0 Å². The fourth-order valence-electron chi connectivity index (χ4n) is 5.88. The molecule has 0 rings (SSSR count). The van der Waals surface area contributed by atoms with E-state index >= 15 is 0 Å². The number of esters is 2. The summed E-state index contributed by atoms with van der Waals surface area (Å²) in [5.41, 5.74) is 0. The average Bonchev–Trinajstić information content (AvgIpc) is 3.08. The van der Waals surface area contributed by atoms with Crippen molar-refractivity contribution in [2.24, 2.45) is 0 Å². The molecule has 0 bridgehead atoms. The lowest BCUT2D eigenvalue weighted by molar-refractivity contribution is -0.144. The lowest BCUT2D eigenvalue weighted by Gasteiger charge is -2.20. The molecule has 0 fully saturated rings. The first-order valence-electron chi connectivity index (χ1n) is 20.6. The van der Waals surface area contributed by atoms with Gasteiger partial charge in [0.05, 0.1) is 6.61 Å². The minimum absolute atomic E-state index is 0. The molecule has 0 radical (unpaired) electrons. The summed E-state index contributed by atoms with van der Waals surface area (Å²) in [6.07, 6.45) is 42.5. The molecule has 1 N–H and O–H groups in total. The van der Waals surface area contributed by atoms with Crippen LogP contribution in [-0.2, 0) is 19.1 Å². The van der Waals surface area contributed by atoms with E-state index in [4.69, 9.17) is 9.47 Å². The summed E-state index contributed by atoms with van der Waals surface area (Å²) in [5, 5.41) is 9.39. The zero-order chi connectivity index (χ0) is 35.0. The predicted octanol–water partition coefficient (Wildman–Crippen LogP) is 11.9. The molecular weight excluding hydrogens is 634 g/mol. The number of aliphatic hydroxyl groups is 1. The third kappa shape index (κ3) is 40.9. The van der Waals surface area contributed by atoms with Gasteiger partial charge in [-0.2, -0.15) is 0 Å². The summed E-state index contributed by atoms with van der Waals surface area (Å²) in [6, 6.07) is 0. The normalized spacial score (nSPS) is 11.5. The van der Waals surface area contributed by atoms with Crippen molar-refractivity contribution in [2.75, 3.05) is 39.5 Å². The Balaban J connectivity index is 0. The van der Waals surface area contributed by atoms with Crippen molar-refractivity contribution < 1.29 is 24.2 Å². The van der Waals surface area contributed by atoms with E-state index < -0.39 is 0 Å². The van der Waals surface area contributed by atoms with Crippen LogP contribution >= 0.6 is 12.4 Å². The number of ether oxygens (including phenoxy) is 2. The summed E-state index contributed by atoms with van der Waals surface area (Å²) in [7, 11) is 0. The minimum atomic E-state index is -0.150. The van der Waals surface area contributed by atoms with Crippen molar-refractivity contribution in [1.29, 1.82) is 0 Å². The number of carbonyl (C=O) groups is 2. The molecule has 0 aliphatic rings. The first kappa shape index (κ1) is 49.7. The standard InChI is InChI=1S/C42H79NO5.ClH/c1-3-5-7-9-11-13-15-17-19-21-23-25-27-29-31-33-41(45)47-39-36-43(35-38-44)37-40-48-42(46)34-32-30-28-26-24-22-20-18-16-14-12-10-8-6-4-2;/h17-20,44H,3-16,21-40H2,1-2H3;1H. The Morgan fingerprint density at radius 3 is 1.10 bits per heavy atom. The maximum Gasteiger partial charge on any atom is 0.305 e. The highest BCUT2D eigenvalue weighted by Gasteiger charge is 2.09. The molecule has 49 heavy (non-hydrogen) atoms. The Morgan fingerprint density at radius 2 is 0.776 bits per heavy atom. The zero-order valence-corrected chi connectivity index (χ0v) is 33.1. The number of halogens is 1. The maximum absolute atomic E-state index is 12.1. The quantitative estimate of drug-likeness (QED) is 0.0390. The van der Waals surface area contributed by atoms with E-state index in [0.717, 1.165) is 25.7 Å². The SMILES string of the molecule is CCCCCCCCC=CCCCCCCCC(=O)OCCN(CCO)CCOC(=O)CCCCCCCC=CCCCCCCCC.Cl. The van der Waals surface area contributed by atoms with E-state index in [9.17, 15) is 14.7 Å². The van der Waals surface area contributed by atoms with Crippen LogP contribution in [0.5, 0.6) is 0 Å². The first-order chi connectivity index (χ1) is 23.6. The number of carbonyl (C=O) groups excluding carboxylic acids is 2. The summed E-state index contributed by atoms with van der Waals surface area (Å²) in [4.78, 5) is 26.2. The van der Waals surface area contributed by atoms with Gasteiger partial charge in [-0.05, 0) is 64.2 Å². The Labute approximate surface area is 310 Å². The van der Waals surface area contributed by atoms with E-state index in [2.05, 4.69) is 38.2 Å². The highest BCUT2D eigenvalue weighted by molar-refractivity contribution is 5.85. The van der Waals surface area contributed by atoms with Gasteiger partial charge in [0.2, 0.25) is 0 Å². The molecule has 290 valence electrons. The molecule has 0 aromatic rings. The average molecular weight is 715 g/mol. The van der Waals surface area contributed by atoms with Gasteiger partial charge < -0.3 is 14.6 Å². The van der Waals surface area contributed by atoms with Gasteiger partial charge in [0.1, 0.15) is 13.2 Å². The second-order valence-corrected chi connectivity index (χ2v) is 13.7. The third-order valence-corrected chi connectivity index (χ3v) is 9.04. The lowest BCUT2D eigenvalue weighted by Crippen LogP contribution is -2.34. The molecule has 0 aromatic carbocycles. The van der Waals surface area contributed by atoms with Crippen LogP contribution in [0.25, 0.3) is 0 Å². The molecule has 0 spiro atoms. The number of rotatable bonds is 38. The van der Waals surface area contributed by atoms with Crippen LogP contribution in [0.4, 0.5) is 0 Å². The molecule has 0 aliphatic carbocycles. The highest BCUT2D eigenvalue weighted by Crippen LogP contribution is 2.12. The topological polar surface area (TPSA) is 76.1 Å². The van der Waals surface area contributed by atoms with Crippen LogP contribution in [0, 0.1) is 0 Å². The number of unbranched alkanes of at least 4 members (excludes halogenated alkanes) is 22. The van der Waals surface area contributed by atoms with Gasteiger partial charge in [0.15, 0.2) is 0 Å². The molecule has 0 saturated carbocycles. The lowest BCUT2D eigenvalue weighted by atomic mass is 10.1. The monoisotopic (exact) mass is 714 g/mol. The third-order valence-electron chi connectivity index (χ3n) is 9.04. The summed E-state index contributed by atoms with van der Waals surface area (Å²) in [5.74, 6) is -0.300. The van der Waals surface area contributed by atoms with Gasteiger partial charge in [-0.25, -0.2) is 0 Å². The van der Waals surface area contributed by atoms with Crippen molar-refractivity contribution in [3.8, 4) is 0 Å². The van der Waals surface area contributed by atoms with Crippen LogP contribution in [0.2, 0.25) is 0 Å². The van der Waals surface area contributed by atoms with Gasteiger partial charge in [-0.15, -0.1) is 12.4 Å². The summed E-state index contributed by atoms with van der Waals surface area (Å²) >= 11 is 0. The Morgan fingerprint density at radius 1 is 0.469 bits per heavy atom. The molecule has 0 heterocycles. The Kier molecular flexibility index (Phi) is 43.4. The van der Waals surface area contributed by atoms with Crippen molar-refractivity contribution >= 4 is 24.3 Å². The van der Waals surface area contributed by atoms with Crippen LogP contribution in [-0.4, -0.2) is 61.4 Å². The Bertz CT molecular complexity index is 687. The fourth-order valence-corrected chi connectivity index (χ4v) is 5.88. The molecule has 0 unspecified atom stereocenters. The van der Waals surface area contributed by atoms with Crippen molar-refractivity contribution in [3.63, 3.8) is 0 Å². The van der Waals surface area contributed by atoms with Gasteiger partial charge in [-0.3, -0.25) is 14.5 Å². The van der Waals surface area contributed by atoms with E-state index in [-0.39, 0.29) is 31.0 Å². The van der Waals surface area contributed by atoms with Crippen molar-refractivity contribution in [1.82, 2.24) is 4.90 Å². The molecule has 0 saturated heterocycles. The molecule has 0 atom stereocenters. The van der Waals surface area contributed by atoms with Crippen LogP contribution in [0.1, 0.15) is 194 Å². The minimum Gasteiger partial charge on any atom is -0.464 e. The molecule has 0 aliphatic heterocycles. The maximum atomic E-state index is 12.1. The van der Waals surface area contributed by atoms with Crippen molar-refractivity contribution in [3.05, 3.63) is 24.3 Å². The number of aliphatic hydroxyl groups excluding tert-OH is 1. The molecular formula is C42H80ClNO5. The predicted molar refractivity (Wildman–Crippen MR) is 212 cm³/mol. The second kappa shape index (κ2) is 42.8. The number of hydrogen-bond acceptors (Lipinski definition) is 6. The summed E-state index contributed by atoms with van der Waals surface area (Å²) in [6.45, 7) is 6.68. The van der Waals surface area contributed by atoms with E-state index in [0.29, 0.717) is 45.7 Å². The Hall–Kier alpha value is -1.37. The van der Waals surface area contributed by atoms with Crippen LogP contribution in [0.15, 0.2) is 24.3 Å². The first-order valence-corrected chi connectivity index (χ1v) is 20.6. The zero-order valence-electron chi connectivity index (χ0n) is 32.3. The highest BCUT2D eigenvalue weighted by atomic mass is 35.5. The smallest absolute Gasteiger partial charge is 0.305 e. The van der Waals surface area contributed by atoms with Crippen LogP contribution < -0.4 is 0 Å². The molecule has 0 amide bonds. The fraction of sp³-hybridized carbons (Fsp3) is 0.857. The van der Waals surface area contributed by atoms with Gasteiger partial charge in [-0.1, -0.05) is 141 Å². The van der Waals surface area contributed by atoms with Gasteiger partial charge in [0, 0.05) is 32.5 Å². The molecule has 7 heteroatoms. The van der Waals surface area contributed by atoms with Gasteiger partial charge >= 0.3 is 11.9 Å². The van der Waals surface area contributed by atoms with E-state index in [1.165, 1.54) is 141 Å². The second-order valence-electron chi connectivity index (χ2n) is 13.7.